The van der Waals surface area contributed by atoms with Crippen molar-refractivity contribution in [2.75, 3.05) is 10.6 Å². The summed E-state index contributed by atoms with van der Waals surface area (Å²) in [5, 5.41) is 5.63. The number of hydrogen-bond acceptors (Lipinski definition) is 5. The van der Waals surface area contributed by atoms with E-state index in [1.54, 1.807) is 12.3 Å². The minimum Gasteiger partial charge on any atom is -0.305 e. The van der Waals surface area contributed by atoms with Gasteiger partial charge in [0.25, 0.3) is 0 Å². The number of amides is 2. The Morgan fingerprint density at radius 3 is 2.70 bits per heavy atom. The monoisotopic (exact) mass is 350 g/mol. The molecule has 6 nitrogen and oxygen atoms in total. The molecule has 2 amide bonds. The van der Waals surface area contributed by atoms with E-state index in [9.17, 15) is 9.59 Å². The maximum Gasteiger partial charge on any atom is 0.325 e. The third-order valence-electron chi connectivity index (χ3n) is 3.76. The van der Waals surface area contributed by atoms with Gasteiger partial charge in [0, 0.05) is 17.7 Å². The number of Topliss-reactive ketones (excluding diaryl/α,β-unsaturated/α-hetero) is 1. The van der Waals surface area contributed by atoms with E-state index < -0.39 is 6.03 Å². The molecule has 2 aromatic heterocycles. The minimum absolute atomic E-state index is 0.0405. The lowest BCUT2D eigenvalue weighted by atomic mass is 9.96. The van der Waals surface area contributed by atoms with Crippen LogP contribution in [0.3, 0.4) is 0 Å². The molecule has 23 heavy (non-hydrogen) atoms. The van der Waals surface area contributed by atoms with Crippen LogP contribution < -0.4 is 10.6 Å². The first-order valence-corrected chi connectivity index (χ1v) is 8.50. The maximum absolute atomic E-state index is 12.6. The van der Waals surface area contributed by atoms with Crippen LogP contribution in [0.15, 0.2) is 24.7 Å². The number of nitrogens with zero attached hydrogens (tertiary/aromatic N) is 2. The van der Waals surface area contributed by atoms with E-state index >= 15 is 0 Å². The summed E-state index contributed by atoms with van der Waals surface area (Å²) in [4.78, 5) is 32.6. The first-order valence-electron chi connectivity index (χ1n) is 7.31. The molecule has 0 aliphatic heterocycles. The van der Waals surface area contributed by atoms with Crippen LogP contribution >= 0.6 is 22.9 Å². The topological polar surface area (TPSA) is 84.0 Å². The Kier molecular flexibility index (Phi) is 4.88. The minimum atomic E-state index is -0.482. The van der Waals surface area contributed by atoms with Crippen molar-refractivity contribution in [3.63, 3.8) is 0 Å². The summed E-state index contributed by atoms with van der Waals surface area (Å²) in [6.45, 7) is 0. The highest BCUT2D eigenvalue weighted by molar-refractivity contribution is 7.19. The van der Waals surface area contributed by atoms with Crippen LogP contribution in [-0.2, 0) is 0 Å². The van der Waals surface area contributed by atoms with Gasteiger partial charge in [0.2, 0.25) is 0 Å². The van der Waals surface area contributed by atoms with Crippen LogP contribution in [0, 0.1) is 5.92 Å². The zero-order valence-corrected chi connectivity index (χ0v) is 13.8. The number of urea groups is 1. The zero-order chi connectivity index (χ0) is 16.2. The third kappa shape index (κ3) is 3.86. The summed E-state index contributed by atoms with van der Waals surface area (Å²) in [7, 11) is 0. The summed E-state index contributed by atoms with van der Waals surface area (Å²) in [5.41, 5.74) is 0.906. The van der Waals surface area contributed by atoms with E-state index in [-0.39, 0.29) is 11.7 Å². The van der Waals surface area contributed by atoms with Gasteiger partial charge in [-0.05, 0) is 18.9 Å². The molecular formula is C15H15ClN4O2S. The fraction of sp³-hybridized carbons (Fsp3) is 0.333. The lowest BCUT2D eigenvalue weighted by Gasteiger charge is -2.13. The molecule has 0 spiro atoms. The van der Waals surface area contributed by atoms with Gasteiger partial charge in [-0.15, -0.1) is 0 Å². The molecule has 0 bridgehead atoms. The molecule has 1 fully saturated rings. The normalized spacial score (nSPS) is 14.7. The van der Waals surface area contributed by atoms with E-state index in [2.05, 4.69) is 20.6 Å². The standard InChI is InChI=1S/C15H15ClN4O2S/c16-12-8-18-15(23-12)20-14(22)19-11-7-17-6-5-10(11)13(21)9-3-1-2-4-9/h5-9H,1-4H2,(H2,18,19,20,22). The molecule has 0 saturated heterocycles. The average molecular weight is 351 g/mol. The third-order valence-corrected chi connectivity index (χ3v) is 4.79. The molecule has 0 aromatic carbocycles. The van der Waals surface area contributed by atoms with Crippen LogP contribution in [0.2, 0.25) is 4.34 Å². The van der Waals surface area contributed by atoms with Gasteiger partial charge in [0.1, 0.15) is 4.34 Å². The van der Waals surface area contributed by atoms with Gasteiger partial charge >= 0.3 is 6.03 Å². The van der Waals surface area contributed by atoms with Gasteiger partial charge < -0.3 is 5.32 Å². The molecule has 2 aromatic rings. The molecule has 3 rings (SSSR count). The lowest BCUT2D eigenvalue weighted by molar-refractivity contribution is 0.0923. The van der Waals surface area contributed by atoms with Crippen molar-refractivity contribution in [3.8, 4) is 0 Å². The largest absolute Gasteiger partial charge is 0.325 e. The Bertz CT molecular complexity index is 728. The maximum atomic E-state index is 12.6. The summed E-state index contributed by atoms with van der Waals surface area (Å²) in [6.07, 6.45) is 8.48. The van der Waals surface area contributed by atoms with E-state index in [0.29, 0.717) is 20.7 Å². The second kappa shape index (κ2) is 7.06. The Morgan fingerprint density at radius 2 is 2.00 bits per heavy atom. The van der Waals surface area contributed by atoms with Gasteiger partial charge in [-0.1, -0.05) is 35.8 Å². The molecule has 2 N–H and O–H groups in total. The van der Waals surface area contributed by atoms with Crippen molar-refractivity contribution in [2.24, 2.45) is 5.92 Å². The smallest absolute Gasteiger partial charge is 0.305 e. The predicted octanol–water partition coefficient (Wildman–Crippen LogP) is 4.21. The van der Waals surface area contributed by atoms with Crippen LogP contribution in [0.4, 0.5) is 15.6 Å². The van der Waals surface area contributed by atoms with Gasteiger partial charge in [-0.25, -0.2) is 9.78 Å². The first kappa shape index (κ1) is 15.9. The van der Waals surface area contributed by atoms with Crippen LogP contribution in [0.1, 0.15) is 36.0 Å². The molecule has 0 unspecified atom stereocenters. The number of halogens is 1. The van der Waals surface area contributed by atoms with E-state index in [0.717, 1.165) is 37.0 Å². The van der Waals surface area contributed by atoms with Gasteiger partial charge in [0.05, 0.1) is 18.1 Å². The molecule has 120 valence electrons. The number of rotatable bonds is 4. The Balaban J connectivity index is 1.72. The number of anilines is 2. The highest BCUT2D eigenvalue weighted by Crippen LogP contribution is 2.30. The Morgan fingerprint density at radius 1 is 1.22 bits per heavy atom. The highest BCUT2D eigenvalue weighted by atomic mass is 35.5. The van der Waals surface area contributed by atoms with Crippen LogP contribution in [-0.4, -0.2) is 21.8 Å². The van der Waals surface area contributed by atoms with Gasteiger partial charge in [-0.3, -0.25) is 15.1 Å². The average Bonchev–Trinajstić information content (AvgIpc) is 3.19. The first-order chi connectivity index (χ1) is 11.1. The van der Waals surface area contributed by atoms with Crippen LogP contribution in [0.5, 0.6) is 0 Å². The number of aromatic nitrogens is 2. The quantitative estimate of drug-likeness (QED) is 0.809. The second-order valence-corrected chi connectivity index (χ2v) is 6.98. The molecule has 0 atom stereocenters. The molecule has 1 aliphatic rings. The number of pyridine rings is 1. The van der Waals surface area contributed by atoms with E-state index in [1.807, 2.05) is 0 Å². The molecule has 2 heterocycles. The summed E-state index contributed by atoms with van der Waals surface area (Å²) < 4.78 is 0.485. The van der Waals surface area contributed by atoms with Gasteiger partial charge in [0.15, 0.2) is 10.9 Å². The lowest BCUT2D eigenvalue weighted by Crippen LogP contribution is -2.22. The molecule has 1 saturated carbocycles. The molecule has 8 heteroatoms. The summed E-state index contributed by atoms with van der Waals surface area (Å²) in [5.74, 6) is 0.108. The number of thiazole rings is 1. The summed E-state index contributed by atoms with van der Waals surface area (Å²) >= 11 is 6.93. The highest BCUT2D eigenvalue weighted by Gasteiger charge is 2.26. The molecule has 1 aliphatic carbocycles. The molecule has 0 radical (unpaired) electrons. The predicted molar refractivity (Wildman–Crippen MR) is 90.3 cm³/mol. The van der Waals surface area contributed by atoms with Crippen molar-refractivity contribution in [1.82, 2.24) is 9.97 Å². The van der Waals surface area contributed by atoms with Crippen molar-refractivity contribution in [2.45, 2.75) is 25.7 Å². The molecular weight excluding hydrogens is 336 g/mol. The fourth-order valence-corrected chi connectivity index (χ4v) is 3.49. The Labute approximate surface area is 142 Å². The summed E-state index contributed by atoms with van der Waals surface area (Å²) in [6, 6.07) is 1.17. The number of carbonyl (C=O) groups excluding carboxylic acids is 2. The van der Waals surface area contributed by atoms with E-state index in [4.69, 9.17) is 11.6 Å². The fourth-order valence-electron chi connectivity index (χ4n) is 2.68. The zero-order valence-electron chi connectivity index (χ0n) is 12.2. The van der Waals surface area contributed by atoms with Crippen molar-refractivity contribution in [1.29, 1.82) is 0 Å². The van der Waals surface area contributed by atoms with Crippen molar-refractivity contribution in [3.05, 3.63) is 34.6 Å². The van der Waals surface area contributed by atoms with Crippen LogP contribution in [0.25, 0.3) is 0 Å². The number of nitrogens with one attached hydrogen (secondary N) is 2. The van der Waals surface area contributed by atoms with Gasteiger partial charge in [-0.2, -0.15) is 0 Å². The van der Waals surface area contributed by atoms with Crippen molar-refractivity contribution >= 4 is 45.6 Å². The van der Waals surface area contributed by atoms with E-state index in [1.165, 1.54) is 12.4 Å². The number of carbonyl (C=O) groups is 2. The number of hydrogen-bond donors (Lipinski definition) is 2. The number of ketones is 1. The Hall–Kier alpha value is -1.99. The second-order valence-electron chi connectivity index (χ2n) is 5.32. The SMILES string of the molecule is O=C(Nc1ncc(Cl)s1)Nc1cnccc1C(=O)C1CCCC1. The van der Waals surface area contributed by atoms with Crippen molar-refractivity contribution < 1.29 is 9.59 Å².